The molecule has 1 aromatic heterocycles. The van der Waals surface area contributed by atoms with E-state index in [1.54, 1.807) is 0 Å². The quantitative estimate of drug-likeness (QED) is 0.784. The highest BCUT2D eigenvalue weighted by molar-refractivity contribution is 7.91. The normalized spacial score (nSPS) is 19.6. The van der Waals surface area contributed by atoms with Crippen LogP contribution in [0, 0.1) is 0 Å². The number of sulfone groups is 1. The van der Waals surface area contributed by atoms with Gasteiger partial charge in [0.15, 0.2) is 0 Å². The van der Waals surface area contributed by atoms with Gasteiger partial charge in [-0.15, -0.1) is 5.10 Å². The van der Waals surface area contributed by atoms with E-state index in [9.17, 15) is 13.2 Å². The van der Waals surface area contributed by atoms with Crippen LogP contribution in [0.2, 0.25) is 0 Å². The van der Waals surface area contributed by atoms with Crippen molar-refractivity contribution in [3.8, 4) is 0 Å². The van der Waals surface area contributed by atoms with Crippen molar-refractivity contribution in [3.05, 3.63) is 11.6 Å². The molecular weight excluding hydrogens is 256 g/mol. The fourth-order valence-corrected chi connectivity index (χ4v) is 3.33. The Kier molecular flexibility index (Phi) is 3.65. The first kappa shape index (κ1) is 13.0. The molecule has 0 atom stereocenters. The molecule has 1 aliphatic heterocycles. The van der Waals surface area contributed by atoms with Gasteiger partial charge in [0.05, 0.1) is 11.5 Å². The van der Waals surface area contributed by atoms with Crippen LogP contribution in [0.3, 0.4) is 0 Å². The molecule has 0 saturated carbocycles. The highest BCUT2D eigenvalue weighted by Crippen LogP contribution is 2.12. The summed E-state index contributed by atoms with van der Waals surface area (Å²) in [6.07, 6.45) is 1.60. The number of nitrogens with zero attached hydrogens (tertiary/aromatic N) is 2. The molecule has 100 valence electrons. The molecule has 1 amide bonds. The van der Waals surface area contributed by atoms with Crippen LogP contribution in [0.25, 0.3) is 0 Å². The lowest BCUT2D eigenvalue weighted by atomic mass is 10.1. The lowest BCUT2D eigenvalue weighted by Crippen LogP contribution is -2.41. The summed E-state index contributed by atoms with van der Waals surface area (Å²) in [5, 5.41) is 9.25. The second kappa shape index (κ2) is 5.05. The molecule has 8 heteroatoms. The van der Waals surface area contributed by atoms with Gasteiger partial charge in [-0.2, -0.15) is 0 Å². The maximum atomic E-state index is 11.8. The average Bonchev–Trinajstić information content (AvgIpc) is 2.80. The number of hydrogen-bond acceptors (Lipinski definition) is 5. The summed E-state index contributed by atoms with van der Waals surface area (Å²) >= 11 is 0. The lowest BCUT2D eigenvalue weighted by Gasteiger charge is -2.22. The van der Waals surface area contributed by atoms with E-state index < -0.39 is 9.84 Å². The summed E-state index contributed by atoms with van der Waals surface area (Å²) in [6, 6.07) is -0.107. The van der Waals surface area contributed by atoms with Gasteiger partial charge < -0.3 is 5.32 Å². The predicted molar refractivity (Wildman–Crippen MR) is 64.9 cm³/mol. The van der Waals surface area contributed by atoms with Crippen molar-refractivity contribution < 1.29 is 13.2 Å². The topological polar surface area (TPSA) is 105 Å². The highest BCUT2D eigenvalue weighted by atomic mass is 32.2. The summed E-state index contributed by atoms with van der Waals surface area (Å²) in [6.45, 7) is 1.91. The zero-order valence-electron chi connectivity index (χ0n) is 10.1. The molecule has 0 radical (unpaired) electrons. The standard InChI is InChI=1S/C10H16N4O3S/c1-2-8-12-9(14-13-8)10(15)11-7-3-5-18(16,17)6-4-7/h7H,2-6H2,1H3,(H,11,15)(H,12,13,14). The van der Waals surface area contributed by atoms with Crippen molar-refractivity contribution in [2.24, 2.45) is 0 Å². The summed E-state index contributed by atoms with van der Waals surface area (Å²) in [5.41, 5.74) is 0. The second-order valence-corrected chi connectivity index (χ2v) is 6.66. The second-order valence-electron chi connectivity index (χ2n) is 4.36. The first-order valence-corrected chi connectivity index (χ1v) is 7.75. The van der Waals surface area contributed by atoms with Crippen LogP contribution in [0.15, 0.2) is 0 Å². The first-order valence-electron chi connectivity index (χ1n) is 5.93. The molecule has 2 heterocycles. The molecular formula is C10H16N4O3S. The van der Waals surface area contributed by atoms with E-state index >= 15 is 0 Å². The zero-order valence-corrected chi connectivity index (χ0v) is 11.0. The number of rotatable bonds is 3. The molecule has 0 unspecified atom stereocenters. The van der Waals surface area contributed by atoms with Gasteiger partial charge in [0, 0.05) is 12.5 Å². The van der Waals surface area contributed by atoms with Crippen molar-refractivity contribution in [3.63, 3.8) is 0 Å². The van der Waals surface area contributed by atoms with E-state index in [4.69, 9.17) is 0 Å². The van der Waals surface area contributed by atoms with Gasteiger partial charge >= 0.3 is 0 Å². The van der Waals surface area contributed by atoms with E-state index in [2.05, 4.69) is 20.5 Å². The smallest absolute Gasteiger partial charge is 0.291 e. The Bertz CT molecular complexity index is 523. The highest BCUT2D eigenvalue weighted by Gasteiger charge is 2.25. The minimum atomic E-state index is -2.90. The fraction of sp³-hybridized carbons (Fsp3) is 0.700. The third-order valence-corrected chi connectivity index (χ3v) is 4.67. The molecule has 0 spiro atoms. The van der Waals surface area contributed by atoms with Gasteiger partial charge in [-0.1, -0.05) is 6.92 Å². The number of hydrogen-bond donors (Lipinski definition) is 2. The number of aryl methyl sites for hydroxylation is 1. The van der Waals surface area contributed by atoms with Gasteiger partial charge in [0.1, 0.15) is 15.7 Å². The lowest BCUT2D eigenvalue weighted by molar-refractivity contribution is 0.0924. The number of carbonyl (C=O) groups excluding carboxylic acids is 1. The first-order chi connectivity index (χ1) is 8.50. The summed E-state index contributed by atoms with van der Waals surface area (Å²) in [7, 11) is -2.90. The largest absolute Gasteiger partial charge is 0.346 e. The van der Waals surface area contributed by atoms with Crippen molar-refractivity contribution >= 4 is 15.7 Å². The van der Waals surface area contributed by atoms with Gasteiger partial charge in [-0.3, -0.25) is 9.89 Å². The van der Waals surface area contributed by atoms with Gasteiger partial charge in [-0.05, 0) is 12.8 Å². The SMILES string of the molecule is CCc1nc(C(=O)NC2CCS(=O)(=O)CC2)n[nH]1. The minimum absolute atomic E-state index is 0.107. The van der Waals surface area contributed by atoms with E-state index in [1.807, 2.05) is 6.92 Å². The van der Waals surface area contributed by atoms with Crippen LogP contribution in [0.4, 0.5) is 0 Å². The molecule has 7 nitrogen and oxygen atoms in total. The Balaban J connectivity index is 1.92. The summed E-state index contributed by atoms with van der Waals surface area (Å²) in [4.78, 5) is 15.8. The average molecular weight is 272 g/mol. The molecule has 1 aromatic rings. The molecule has 2 N–H and O–H groups in total. The van der Waals surface area contributed by atoms with Crippen LogP contribution >= 0.6 is 0 Å². The van der Waals surface area contributed by atoms with Crippen molar-refractivity contribution in [1.29, 1.82) is 0 Å². The van der Waals surface area contributed by atoms with Crippen molar-refractivity contribution in [2.45, 2.75) is 32.2 Å². The molecule has 1 aliphatic rings. The molecule has 1 saturated heterocycles. The maximum absolute atomic E-state index is 11.8. The number of nitrogens with one attached hydrogen (secondary N) is 2. The minimum Gasteiger partial charge on any atom is -0.346 e. The molecule has 0 aromatic carbocycles. The predicted octanol–water partition coefficient (Wildman–Crippen LogP) is -0.326. The number of aromatic amines is 1. The monoisotopic (exact) mass is 272 g/mol. The Hall–Kier alpha value is -1.44. The zero-order chi connectivity index (χ0) is 13.2. The van der Waals surface area contributed by atoms with Crippen LogP contribution in [-0.4, -0.2) is 47.1 Å². The summed E-state index contributed by atoms with van der Waals surface area (Å²) in [5.74, 6) is 0.681. The number of amides is 1. The van der Waals surface area contributed by atoms with E-state index in [0.29, 0.717) is 25.1 Å². The van der Waals surface area contributed by atoms with Gasteiger partial charge in [-0.25, -0.2) is 13.4 Å². The van der Waals surface area contributed by atoms with Crippen LogP contribution in [-0.2, 0) is 16.3 Å². The molecule has 0 aliphatic carbocycles. The third kappa shape index (κ3) is 3.06. The number of H-pyrrole nitrogens is 1. The van der Waals surface area contributed by atoms with Gasteiger partial charge in [0.2, 0.25) is 5.82 Å². The Morgan fingerprint density at radius 1 is 1.44 bits per heavy atom. The molecule has 18 heavy (non-hydrogen) atoms. The van der Waals surface area contributed by atoms with Gasteiger partial charge in [0.25, 0.3) is 5.91 Å². The molecule has 2 rings (SSSR count). The Morgan fingerprint density at radius 2 is 2.11 bits per heavy atom. The van der Waals surface area contributed by atoms with E-state index in [0.717, 1.165) is 0 Å². The van der Waals surface area contributed by atoms with E-state index in [-0.39, 0.29) is 29.3 Å². The third-order valence-electron chi connectivity index (χ3n) is 2.96. The van der Waals surface area contributed by atoms with Crippen molar-refractivity contribution in [2.75, 3.05) is 11.5 Å². The number of aromatic nitrogens is 3. The molecule has 0 bridgehead atoms. The van der Waals surface area contributed by atoms with Crippen LogP contribution in [0.1, 0.15) is 36.2 Å². The Labute approximate surface area is 105 Å². The van der Waals surface area contributed by atoms with Crippen LogP contribution in [0.5, 0.6) is 0 Å². The number of carbonyl (C=O) groups is 1. The van der Waals surface area contributed by atoms with E-state index in [1.165, 1.54) is 0 Å². The molecule has 1 fully saturated rings. The fourth-order valence-electron chi connectivity index (χ4n) is 1.84. The summed E-state index contributed by atoms with van der Waals surface area (Å²) < 4.78 is 22.5. The van der Waals surface area contributed by atoms with Crippen molar-refractivity contribution in [1.82, 2.24) is 20.5 Å². The maximum Gasteiger partial charge on any atom is 0.291 e. The van der Waals surface area contributed by atoms with Crippen LogP contribution < -0.4 is 5.32 Å². The Morgan fingerprint density at radius 3 is 2.67 bits per heavy atom.